The molecule has 4 nitrogen and oxygen atoms in total. The second-order valence-electron chi connectivity index (χ2n) is 5.12. The number of hydrogen-bond acceptors (Lipinski definition) is 3. The molecule has 5 heteroatoms. The molecule has 2 aromatic rings. The second-order valence-corrected chi connectivity index (χ2v) is 5.51. The first-order valence-corrected chi connectivity index (χ1v) is 6.94. The minimum Gasteiger partial charge on any atom is -0.478 e. The van der Waals surface area contributed by atoms with Crippen molar-refractivity contribution in [2.24, 2.45) is 0 Å². The number of aromatic carboxylic acids is 1. The molecule has 110 valence electrons. The number of hydrogen-bond donors (Lipinski definition) is 1. The van der Waals surface area contributed by atoms with Crippen LogP contribution in [0.1, 0.15) is 41.3 Å². The van der Waals surface area contributed by atoms with E-state index in [2.05, 4.69) is 18.8 Å². The fourth-order valence-corrected chi connectivity index (χ4v) is 2.17. The number of halogens is 1. The normalized spacial score (nSPS) is 10.7. The summed E-state index contributed by atoms with van der Waals surface area (Å²) in [4.78, 5) is 15.1. The molecule has 0 radical (unpaired) electrons. The summed E-state index contributed by atoms with van der Waals surface area (Å²) in [6, 6.07) is 8.56. The van der Waals surface area contributed by atoms with E-state index in [-0.39, 0.29) is 22.5 Å². The first-order valence-electron chi connectivity index (χ1n) is 6.56. The molecule has 1 aromatic heterocycles. The van der Waals surface area contributed by atoms with E-state index >= 15 is 0 Å². The molecular weight excluding hydrogens is 290 g/mol. The van der Waals surface area contributed by atoms with Crippen LogP contribution in [0.2, 0.25) is 5.15 Å². The van der Waals surface area contributed by atoms with E-state index in [1.807, 2.05) is 25.1 Å². The largest absolute Gasteiger partial charge is 0.478 e. The van der Waals surface area contributed by atoms with Crippen molar-refractivity contribution in [2.45, 2.75) is 26.7 Å². The van der Waals surface area contributed by atoms with Gasteiger partial charge in [0.15, 0.2) is 0 Å². The van der Waals surface area contributed by atoms with Crippen molar-refractivity contribution in [1.82, 2.24) is 4.98 Å². The maximum atomic E-state index is 11.0. The Morgan fingerprint density at radius 1 is 1.29 bits per heavy atom. The Morgan fingerprint density at radius 2 is 2.00 bits per heavy atom. The zero-order valence-electron chi connectivity index (χ0n) is 12.1. The van der Waals surface area contributed by atoms with E-state index in [0.717, 1.165) is 11.1 Å². The summed E-state index contributed by atoms with van der Waals surface area (Å²) in [5.74, 6) is 0.0414. The summed E-state index contributed by atoms with van der Waals surface area (Å²) in [5, 5.41) is 9.13. The van der Waals surface area contributed by atoms with Gasteiger partial charge in [-0.15, -0.1) is 0 Å². The highest BCUT2D eigenvalue weighted by atomic mass is 35.5. The Hall–Kier alpha value is -2.07. The molecule has 0 aliphatic rings. The van der Waals surface area contributed by atoms with E-state index in [0.29, 0.717) is 5.75 Å². The molecule has 0 saturated heterocycles. The van der Waals surface area contributed by atoms with E-state index in [9.17, 15) is 4.79 Å². The molecule has 0 amide bonds. The lowest BCUT2D eigenvalue weighted by Gasteiger charge is -2.14. The summed E-state index contributed by atoms with van der Waals surface area (Å²) in [7, 11) is 0. The van der Waals surface area contributed by atoms with Gasteiger partial charge in [-0.3, -0.25) is 0 Å². The zero-order chi connectivity index (χ0) is 15.6. The lowest BCUT2D eigenvalue weighted by molar-refractivity contribution is 0.0696. The highest BCUT2D eigenvalue weighted by molar-refractivity contribution is 6.29. The van der Waals surface area contributed by atoms with Crippen LogP contribution < -0.4 is 4.74 Å². The fourth-order valence-electron chi connectivity index (χ4n) is 1.97. The summed E-state index contributed by atoms with van der Waals surface area (Å²) in [6.07, 6.45) is 0. The van der Waals surface area contributed by atoms with Crippen LogP contribution in [0, 0.1) is 6.92 Å². The van der Waals surface area contributed by atoms with Gasteiger partial charge in [0.25, 0.3) is 0 Å². The summed E-state index contributed by atoms with van der Waals surface area (Å²) < 4.78 is 5.76. The smallest absolute Gasteiger partial charge is 0.335 e. The Bertz CT molecular complexity index is 683. The lowest BCUT2D eigenvalue weighted by Crippen LogP contribution is -2.00. The number of aromatic nitrogens is 1. The molecule has 1 N–H and O–H groups in total. The Kier molecular flexibility index (Phi) is 4.48. The molecule has 0 spiro atoms. The first kappa shape index (κ1) is 15.3. The van der Waals surface area contributed by atoms with Crippen LogP contribution in [-0.4, -0.2) is 16.1 Å². The third-order valence-corrected chi connectivity index (χ3v) is 3.22. The molecule has 0 bridgehead atoms. The standard InChI is InChI=1S/C16H16ClNO3/c1-9(2)12-5-4-10(3)6-13(12)21-15-8-11(16(19)20)7-14(17)18-15/h4-9H,1-3H3,(H,19,20). The minimum atomic E-state index is -1.07. The van der Waals surface area contributed by atoms with Gasteiger partial charge in [-0.25, -0.2) is 9.78 Å². The molecule has 2 rings (SSSR count). The zero-order valence-corrected chi connectivity index (χ0v) is 12.8. The van der Waals surface area contributed by atoms with Crippen molar-refractivity contribution in [2.75, 3.05) is 0 Å². The van der Waals surface area contributed by atoms with E-state index in [1.165, 1.54) is 12.1 Å². The van der Waals surface area contributed by atoms with Gasteiger partial charge in [0.05, 0.1) is 5.56 Å². The van der Waals surface area contributed by atoms with Gasteiger partial charge >= 0.3 is 5.97 Å². The van der Waals surface area contributed by atoms with Gasteiger partial charge in [-0.1, -0.05) is 37.6 Å². The number of nitrogens with zero attached hydrogens (tertiary/aromatic N) is 1. The van der Waals surface area contributed by atoms with Crippen LogP contribution in [0.15, 0.2) is 30.3 Å². The summed E-state index contributed by atoms with van der Waals surface area (Å²) in [6.45, 7) is 6.09. The maximum absolute atomic E-state index is 11.0. The van der Waals surface area contributed by atoms with E-state index < -0.39 is 5.97 Å². The molecule has 0 fully saturated rings. The number of carboxylic acids is 1. The summed E-state index contributed by atoms with van der Waals surface area (Å²) >= 11 is 5.84. The van der Waals surface area contributed by atoms with Crippen LogP contribution in [0.4, 0.5) is 0 Å². The number of carboxylic acid groups (broad SMARTS) is 1. The fraction of sp³-hybridized carbons (Fsp3) is 0.250. The molecule has 1 aromatic carbocycles. The van der Waals surface area contributed by atoms with Gasteiger partial charge in [0.1, 0.15) is 10.9 Å². The predicted molar refractivity (Wildman–Crippen MR) is 81.5 cm³/mol. The Balaban J connectivity index is 2.42. The van der Waals surface area contributed by atoms with Crippen LogP contribution >= 0.6 is 11.6 Å². The van der Waals surface area contributed by atoms with Gasteiger partial charge in [-0.05, 0) is 36.1 Å². The monoisotopic (exact) mass is 305 g/mol. The number of ether oxygens (including phenoxy) is 1. The topological polar surface area (TPSA) is 59.4 Å². The number of aryl methyl sites for hydroxylation is 1. The highest BCUT2D eigenvalue weighted by Crippen LogP contribution is 2.31. The molecule has 0 atom stereocenters. The Morgan fingerprint density at radius 3 is 2.62 bits per heavy atom. The van der Waals surface area contributed by atoms with Crippen LogP contribution in [0.25, 0.3) is 0 Å². The molecule has 0 aliphatic heterocycles. The molecule has 0 unspecified atom stereocenters. The number of rotatable bonds is 4. The number of carbonyl (C=O) groups is 1. The van der Waals surface area contributed by atoms with Crippen molar-refractivity contribution in [3.05, 3.63) is 52.2 Å². The van der Waals surface area contributed by atoms with Crippen molar-refractivity contribution >= 4 is 17.6 Å². The predicted octanol–water partition coefficient (Wildman–Crippen LogP) is 4.66. The highest BCUT2D eigenvalue weighted by Gasteiger charge is 2.13. The SMILES string of the molecule is Cc1ccc(C(C)C)c(Oc2cc(C(=O)O)cc(Cl)n2)c1. The third-order valence-electron chi connectivity index (χ3n) is 3.02. The van der Waals surface area contributed by atoms with Crippen LogP contribution in [-0.2, 0) is 0 Å². The first-order chi connectivity index (χ1) is 9.86. The van der Waals surface area contributed by atoms with Crippen molar-refractivity contribution in [3.8, 4) is 11.6 Å². The average Bonchev–Trinajstić information content (AvgIpc) is 2.37. The third kappa shape index (κ3) is 3.73. The molecule has 1 heterocycles. The average molecular weight is 306 g/mol. The minimum absolute atomic E-state index is 0.0451. The second kappa shape index (κ2) is 6.14. The molecular formula is C16H16ClNO3. The van der Waals surface area contributed by atoms with Crippen molar-refractivity contribution < 1.29 is 14.6 Å². The Labute approximate surface area is 128 Å². The number of benzene rings is 1. The summed E-state index contributed by atoms with van der Waals surface area (Å²) in [5.41, 5.74) is 2.12. The van der Waals surface area contributed by atoms with Crippen LogP contribution in [0.5, 0.6) is 11.6 Å². The van der Waals surface area contributed by atoms with Gasteiger partial charge < -0.3 is 9.84 Å². The molecule has 0 aliphatic carbocycles. The van der Waals surface area contributed by atoms with Gasteiger partial charge in [0.2, 0.25) is 5.88 Å². The van der Waals surface area contributed by atoms with Crippen LogP contribution in [0.3, 0.4) is 0 Å². The molecule has 21 heavy (non-hydrogen) atoms. The van der Waals surface area contributed by atoms with E-state index in [1.54, 1.807) is 0 Å². The lowest BCUT2D eigenvalue weighted by atomic mass is 10.0. The quantitative estimate of drug-likeness (QED) is 0.835. The van der Waals surface area contributed by atoms with Crippen molar-refractivity contribution in [1.29, 1.82) is 0 Å². The van der Waals surface area contributed by atoms with Gasteiger partial charge in [0, 0.05) is 6.07 Å². The van der Waals surface area contributed by atoms with E-state index in [4.69, 9.17) is 21.4 Å². The maximum Gasteiger partial charge on any atom is 0.335 e. The van der Waals surface area contributed by atoms with Gasteiger partial charge in [-0.2, -0.15) is 0 Å². The van der Waals surface area contributed by atoms with Crippen molar-refractivity contribution in [3.63, 3.8) is 0 Å². The molecule has 0 saturated carbocycles. The number of pyridine rings is 1.